The normalized spacial score (nSPS) is 13.0. The Morgan fingerprint density at radius 2 is 2.29 bits per heavy atom. The zero-order valence-corrected chi connectivity index (χ0v) is 12.5. The Balaban J connectivity index is 2.19. The van der Waals surface area contributed by atoms with Crippen LogP contribution in [0.4, 0.5) is 10.7 Å². The first-order valence-electron chi connectivity index (χ1n) is 5.72. The largest absolute Gasteiger partial charge is 0.467 e. The number of thiophene rings is 1. The van der Waals surface area contributed by atoms with E-state index in [1.54, 1.807) is 12.1 Å². The van der Waals surface area contributed by atoms with Crippen LogP contribution in [0.15, 0.2) is 33.1 Å². The lowest BCUT2D eigenvalue weighted by Crippen LogP contribution is -2.11. The van der Waals surface area contributed by atoms with Crippen molar-refractivity contribution in [2.24, 2.45) is 0 Å². The molecule has 21 heavy (non-hydrogen) atoms. The van der Waals surface area contributed by atoms with E-state index in [0.29, 0.717) is 5.76 Å². The van der Waals surface area contributed by atoms with E-state index in [1.807, 2.05) is 0 Å². The molecule has 0 aliphatic heterocycles. The van der Waals surface area contributed by atoms with Crippen LogP contribution < -0.4 is 5.32 Å². The molecule has 2 heterocycles. The summed E-state index contributed by atoms with van der Waals surface area (Å²) in [6.45, 7) is -0.0436. The Kier molecular flexibility index (Phi) is 4.30. The molecular formula is C11H12N2O6S2. The number of sulfone groups is 1. The molecule has 2 N–H and O–H groups in total. The summed E-state index contributed by atoms with van der Waals surface area (Å²) in [6, 6.07) is 4.17. The molecule has 2 rings (SSSR count). The quantitative estimate of drug-likeness (QED) is 0.610. The summed E-state index contributed by atoms with van der Waals surface area (Å²) >= 11 is 0.752. The third kappa shape index (κ3) is 3.60. The van der Waals surface area contributed by atoms with Crippen LogP contribution in [-0.2, 0) is 9.84 Å². The lowest BCUT2D eigenvalue weighted by molar-refractivity contribution is -0.383. The number of nitrogens with one attached hydrogen (secondary N) is 1. The Morgan fingerprint density at radius 1 is 1.57 bits per heavy atom. The first-order chi connectivity index (χ1) is 9.79. The second kappa shape index (κ2) is 5.84. The predicted octanol–water partition coefficient (Wildman–Crippen LogP) is 1.80. The number of anilines is 1. The van der Waals surface area contributed by atoms with Crippen molar-refractivity contribution < 1.29 is 22.9 Å². The Labute approximate surface area is 124 Å². The van der Waals surface area contributed by atoms with E-state index >= 15 is 0 Å². The SMILES string of the molecule is CS(=O)(=O)c1cc([N+](=O)[O-])c(NCC(O)c2ccco2)s1. The Hall–Kier alpha value is -1.91. The summed E-state index contributed by atoms with van der Waals surface area (Å²) in [5.74, 6) is 0.310. The molecule has 0 saturated heterocycles. The van der Waals surface area contributed by atoms with Crippen molar-refractivity contribution in [3.05, 3.63) is 40.3 Å². The van der Waals surface area contributed by atoms with Crippen LogP contribution in [0.3, 0.4) is 0 Å². The van der Waals surface area contributed by atoms with Gasteiger partial charge in [-0.15, -0.1) is 0 Å². The first kappa shape index (κ1) is 15.5. The number of aliphatic hydroxyl groups excluding tert-OH is 1. The number of hydrogen-bond acceptors (Lipinski definition) is 8. The minimum atomic E-state index is -3.53. The van der Waals surface area contributed by atoms with Gasteiger partial charge < -0.3 is 14.8 Å². The van der Waals surface area contributed by atoms with Gasteiger partial charge in [0, 0.05) is 18.9 Å². The van der Waals surface area contributed by atoms with Gasteiger partial charge in [-0.25, -0.2) is 8.42 Å². The minimum Gasteiger partial charge on any atom is -0.467 e. The second-order valence-corrected chi connectivity index (χ2v) is 7.52. The monoisotopic (exact) mass is 332 g/mol. The average molecular weight is 332 g/mol. The third-order valence-electron chi connectivity index (χ3n) is 2.58. The maximum Gasteiger partial charge on any atom is 0.304 e. The highest BCUT2D eigenvalue weighted by Crippen LogP contribution is 2.37. The van der Waals surface area contributed by atoms with Gasteiger partial charge in [0.15, 0.2) is 14.8 Å². The molecule has 2 aromatic heterocycles. The van der Waals surface area contributed by atoms with Gasteiger partial charge in [0.2, 0.25) is 0 Å². The smallest absolute Gasteiger partial charge is 0.304 e. The van der Waals surface area contributed by atoms with Crippen LogP contribution in [0.1, 0.15) is 11.9 Å². The van der Waals surface area contributed by atoms with Gasteiger partial charge in [0.05, 0.1) is 11.2 Å². The van der Waals surface area contributed by atoms with E-state index in [2.05, 4.69) is 5.32 Å². The molecule has 1 unspecified atom stereocenters. The van der Waals surface area contributed by atoms with Crippen LogP contribution in [0.2, 0.25) is 0 Å². The number of hydrogen-bond donors (Lipinski definition) is 2. The maximum absolute atomic E-state index is 11.4. The van der Waals surface area contributed by atoms with E-state index in [1.165, 1.54) is 6.26 Å². The zero-order valence-electron chi connectivity index (χ0n) is 10.8. The summed E-state index contributed by atoms with van der Waals surface area (Å²) in [4.78, 5) is 10.3. The lowest BCUT2D eigenvalue weighted by Gasteiger charge is -2.08. The molecule has 0 spiro atoms. The van der Waals surface area contributed by atoms with E-state index in [0.717, 1.165) is 23.7 Å². The molecule has 0 amide bonds. The molecular weight excluding hydrogens is 320 g/mol. The molecule has 8 nitrogen and oxygen atoms in total. The molecule has 0 aliphatic carbocycles. The van der Waals surface area contributed by atoms with Crippen LogP contribution >= 0.6 is 11.3 Å². The third-order valence-corrected chi connectivity index (χ3v) is 5.46. The summed E-state index contributed by atoms with van der Waals surface area (Å²) in [5, 5.41) is 23.5. The van der Waals surface area contributed by atoms with Crippen LogP contribution in [0, 0.1) is 10.1 Å². The molecule has 0 bridgehead atoms. The Morgan fingerprint density at radius 3 is 2.81 bits per heavy atom. The van der Waals surface area contributed by atoms with Crippen LogP contribution in [-0.4, -0.2) is 31.2 Å². The minimum absolute atomic E-state index is 0.0436. The van der Waals surface area contributed by atoms with E-state index < -0.39 is 20.9 Å². The van der Waals surface area contributed by atoms with Crippen LogP contribution in [0.5, 0.6) is 0 Å². The summed E-state index contributed by atoms with van der Waals surface area (Å²) in [7, 11) is -3.53. The first-order valence-corrected chi connectivity index (χ1v) is 8.43. The zero-order chi connectivity index (χ0) is 15.6. The lowest BCUT2D eigenvalue weighted by atomic mass is 10.3. The van der Waals surface area contributed by atoms with Crippen molar-refractivity contribution in [2.75, 3.05) is 18.1 Å². The highest BCUT2D eigenvalue weighted by atomic mass is 32.2. The molecule has 114 valence electrons. The fraction of sp³-hybridized carbons (Fsp3) is 0.273. The molecule has 1 atom stereocenters. The van der Waals surface area contributed by atoms with E-state index in [-0.39, 0.29) is 21.4 Å². The van der Waals surface area contributed by atoms with Crippen molar-refractivity contribution in [1.29, 1.82) is 0 Å². The van der Waals surface area contributed by atoms with Crippen molar-refractivity contribution >= 4 is 31.9 Å². The number of rotatable bonds is 6. The standard InChI is InChI=1S/C11H12N2O6S2/c1-21(17,18)10-5-7(13(15)16)11(20-10)12-6-8(14)9-3-2-4-19-9/h2-5,8,12,14H,6H2,1H3. The van der Waals surface area contributed by atoms with Crippen molar-refractivity contribution in [1.82, 2.24) is 0 Å². The van der Waals surface area contributed by atoms with Crippen molar-refractivity contribution in [2.45, 2.75) is 10.3 Å². The number of nitro groups is 1. The molecule has 0 aliphatic rings. The van der Waals surface area contributed by atoms with Gasteiger partial charge in [-0.1, -0.05) is 11.3 Å². The molecule has 10 heteroatoms. The highest BCUT2D eigenvalue weighted by molar-refractivity contribution is 7.92. The maximum atomic E-state index is 11.4. The summed E-state index contributed by atoms with van der Waals surface area (Å²) in [5.41, 5.74) is -0.341. The average Bonchev–Trinajstić information content (AvgIpc) is 3.04. The number of aliphatic hydroxyl groups is 1. The molecule has 0 fully saturated rings. The second-order valence-electron chi connectivity index (χ2n) is 4.22. The number of furan rings is 1. The summed E-state index contributed by atoms with van der Waals surface area (Å²) in [6.07, 6.45) is 1.38. The number of nitrogens with zero attached hydrogens (tertiary/aromatic N) is 1. The fourth-order valence-electron chi connectivity index (χ4n) is 1.58. The van der Waals surface area contributed by atoms with Gasteiger partial charge in [0.25, 0.3) is 0 Å². The topological polar surface area (TPSA) is 123 Å². The van der Waals surface area contributed by atoms with Crippen LogP contribution in [0.25, 0.3) is 0 Å². The van der Waals surface area contributed by atoms with E-state index in [9.17, 15) is 23.6 Å². The molecule has 0 radical (unpaired) electrons. The van der Waals surface area contributed by atoms with Gasteiger partial charge in [-0.2, -0.15) is 0 Å². The highest BCUT2D eigenvalue weighted by Gasteiger charge is 2.24. The van der Waals surface area contributed by atoms with Gasteiger partial charge in [-0.05, 0) is 12.1 Å². The van der Waals surface area contributed by atoms with Gasteiger partial charge in [-0.3, -0.25) is 10.1 Å². The molecule has 0 saturated carbocycles. The molecule has 2 aromatic rings. The van der Waals surface area contributed by atoms with Gasteiger partial charge in [0.1, 0.15) is 16.1 Å². The van der Waals surface area contributed by atoms with Crippen molar-refractivity contribution in [3.8, 4) is 0 Å². The fourth-order valence-corrected chi connectivity index (χ4v) is 3.52. The van der Waals surface area contributed by atoms with E-state index in [4.69, 9.17) is 4.42 Å². The molecule has 0 aromatic carbocycles. The summed E-state index contributed by atoms with van der Waals surface area (Å²) < 4.78 is 27.8. The predicted molar refractivity (Wildman–Crippen MR) is 76.2 cm³/mol. The van der Waals surface area contributed by atoms with Crippen molar-refractivity contribution in [3.63, 3.8) is 0 Å². The Bertz CT molecular complexity index is 735. The van der Waals surface area contributed by atoms with Gasteiger partial charge >= 0.3 is 5.69 Å².